The van der Waals surface area contributed by atoms with Gasteiger partial charge in [-0.05, 0) is 36.5 Å². The monoisotopic (exact) mass is 302 g/mol. The molecule has 22 heavy (non-hydrogen) atoms. The lowest BCUT2D eigenvalue weighted by Gasteiger charge is -2.34. The van der Waals surface area contributed by atoms with E-state index < -0.39 is 6.10 Å². The first-order valence-electron chi connectivity index (χ1n) is 8.37. The second-order valence-corrected chi connectivity index (χ2v) is 6.87. The SMILES string of the molecule is CC(C)C(O)c1ccc(C(=O)N2CCN(C3CC3)CC2)cc1. The highest BCUT2D eigenvalue weighted by molar-refractivity contribution is 5.94. The first kappa shape index (κ1) is 15.5. The molecule has 1 unspecified atom stereocenters. The zero-order valence-corrected chi connectivity index (χ0v) is 13.5. The molecule has 1 atom stereocenters. The Hall–Kier alpha value is -1.39. The quantitative estimate of drug-likeness (QED) is 0.928. The van der Waals surface area contributed by atoms with Gasteiger partial charge in [0.2, 0.25) is 0 Å². The number of carbonyl (C=O) groups excluding carboxylic acids is 1. The van der Waals surface area contributed by atoms with Crippen LogP contribution in [0.2, 0.25) is 0 Å². The molecule has 2 fully saturated rings. The van der Waals surface area contributed by atoms with Gasteiger partial charge in [-0.3, -0.25) is 9.69 Å². The molecule has 1 saturated carbocycles. The van der Waals surface area contributed by atoms with Gasteiger partial charge in [-0.15, -0.1) is 0 Å². The molecule has 0 aromatic heterocycles. The van der Waals surface area contributed by atoms with Crippen LogP contribution < -0.4 is 0 Å². The van der Waals surface area contributed by atoms with E-state index in [9.17, 15) is 9.90 Å². The van der Waals surface area contributed by atoms with Gasteiger partial charge in [0, 0.05) is 37.8 Å². The largest absolute Gasteiger partial charge is 0.388 e. The van der Waals surface area contributed by atoms with Crippen LogP contribution in [-0.2, 0) is 0 Å². The van der Waals surface area contributed by atoms with Crippen LogP contribution in [0.15, 0.2) is 24.3 Å². The maximum atomic E-state index is 12.6. The van der Waals surface area contributed by atoms with E-state index in [0.717, 1.165) is 43.3 Å². The Kier molecular flexibility index (Phi) is 4.50. The summed E-state index contributed by atoms with van der Waals surface area (Å²) >= 11 is 0. The molecule has 120 valence electrons. The molecule has 0 radical (unpaired) electrons. The molecule has 1 aliphatic heterocycles. The summed E-state index contributed by atoms with van der Waals surface area (Å²) in [6, 6.07) is 8.22. The molecule has 1 saturated heterocycles. The highest BCUT2D eigenvalue weighted by Gasteiger charge is 2.32. The van der Waals surface area contributed by atoms with Crippen LogP contribution in [0.3, 0.4) is 0 Å². The van der Waals surface area contributed by atoms with Gasteiger partial charge < -0.3 is 10.0 Å². The lowest BCUT2D eigenvalue weighted by atomic mass is 9.98. The number of nitrogens with zero attached hydrogens (tertiary/aromatic N) is 2. The van der Waals surface area contributed by atoms with Crippen LogP contribution >= 0.6 is 0 Å². The minimum Gasteiger partial charge on any atom is -0.388 e. The number of aliphatic hydroxyl groups is 1. The van der Waals surface area contributed by atoms with Gasteiger partial charge in [-0.25, -0.2) is 0 Å². The lowest BCUT2D eigenvalue weighted by Crippen LogP contribution is -2.49. The van der Waals surface area contributed by atoms with Gasteiger partial charge in [0.05, 0.1) is 6.10 Å². The van der Waals surface area contributed by atoms with Gasteiger partial charge >= 0.3 is 0 Å². The average molecular weight is 302 g/mol. The number of benzene rings is 1. The molecular formula is C18H26N2O2. The van der Waals surface area contributed by atoms with Crippen molar-refractivity contribution in [3.63, 3.8) is 0 Å². The van der Waals surface area contributed by atoms with Crippen LogP contribution in [0, 0.1) is 5.92 Å². The fourth-order valence-electron chi connectivity index (χ4n) is 3.12. The fraction of sp³-hybridized carbons (Fsp3) is 0.611. The van der Waals surface area contributed by atoms with Crippen molar-refractivity contribution in [1.29, 1.82) is 0 Å². The van der Waals surface area contributed by atoms with Crippen molar-refractivity contribution in [3.05, 3.63) is 35.4 Å². The van der Waals surface area contributed by atoms with E-state index in [1.54, 1.807) is 0 Å². The molecule has 1 amide bonds. The van der Waals surface area contributed by atoms with E-state index in [-0.39, 0.29) is 11.8 Å². The van der Waals surface area contributed by atoms with Gasteiger partial charge in [0.1, 0.15) is 0 Å². The van der Waals surface area contributed by atoms with Crippen molar-refractivity contribution in [2.75, 3.05) is 26.2 Å². The Balaban J connectivity index is 1.60. The predicted octanol–water partition coefficient (Wildman–Crippen LogP) is 2.30. The van der Waals surface area contributed by atoms with Crippen LogP contribution in [0.1, 0.15) is 48.7 Å². The molecule has 1 aliphatic carbocycles. The number of hydrogen-bond acceptors (Lipinski definition) is 3. The van der Waals surface area contributed by atoms with E-state index in [0.29, 0.717) is 0 Å². The van der Waals surface area contributed by atoms with Crippen molar-refractivity contribution in [2.45, 2.75) is 38.8 Å². The van der Waals surface area contributed by atoms with E-state index in [4.69, 9.17) is 0 Å². The summed E-state index contributed by atoms with van der Waals surface area (Å²) in [5, 5.41) is 10.1. The smallest absolute Gasteiger partial charge is 0.253 e. The van der Waals surface area contributed by atoms with Crippen LogP contribution in [-0.4, -0.2) is 53.0 Å². The van der Waals surface area contributed by atoms with E-state index in [1.165, 1.54) is 12.8 Å². The number of rotatable bonds is 4. The third-order valence-electron chi connectivity index (χ3n) is 4.80. The topological polar surface area (TPSA) is 43.8 Å². The Morgan fingerprint density at radius 1 is 1.09 bits per heavy atom. The molecule has 0 bridgehead atoms. The Morgan fingerprint density at radius 3 is 2.18 bits per heavy atom. The molecule has 1 N–H and O–H groups in total. The zero-order valence-electron chi connectivity index (χ0n) is 13.5. The fourth-order valence-corrected chi connectivity index (χ4v) is 3.12. The van der Waals surface area contributed by atoms with Crippen molar-refractivity contribution >= 4 is 5.91 Å². The molecule has 1 heterocycles. The van der Waals surface area contributed by atoms with Crippen LogP contribution in [0.25, 0.3) is 0 Å². The van der Waals surface area contributed by atoms with Crippen LogP contribution in [0.5, 0.6) is 0 Å². The Bertz CT molecular complexity index is 514. The third kappa shape index (κ3) is 3.33. The summed E-state index contributed by atoms with van der Waals surface area (Å²) in [6.07, 6.45) is 2.19. The maximum absolute atomic E-state index is 12.6. The third-order valence-corrected chi connectivity index (χ3v) is 4.80. The first-order chi connectivity index (χ1) is 10.6. The summed E-state index contributed by atoms with van der Waals surface area (Å²) in [7, 11) is 0. The molecule has 4 heteroatoms. The van der Waals surface area contributed by atoms with E-state index in [1.807, 2.05) is 43.0 Å². The van der Waals surface area contributed by atoms with Gasteiger partial charge in [0.25, 0.3) is 5.91 Å². The average Bonchev–Trinajstić information content (AvgIpc) is 3.38. The molecule has 3 rings (SSSR count). The number of piperazine rings is 1. The zero-order chi connectivity index (χ0) is 15.7. The lowest BCUT2D eigenvalue weighted by molar-refractivity contribution is 0.0627. The van der Waals surface area contributed by atoms with Gasteiger partial charge in [0.15, 0.2) is 0 Å². The Labute approximate surface area is 132 Å². The minimum atomic E-state index is -0.466. The highest BCUT2D eigenvalue weighted by atomic mass is 16.3. The maximum Gasteiger partial charge on any atom is 0.253 e. The van der Waals surface area contributed by atoms with Crippen molar-refractivity contribution in [3.8, 4) is 0 Å². The van der Waals surface area contributed by atoms with E-state index in [2.05, 4.69) is 4.90 Å². The standard InChI is InChI=1S/C18H26N2O2/c1-13(2)17(21)14-3-5-15(6-4-14)18(22)20-11-9-19(10-12-20)16-7-8-16/h3-6,13,16-17,21H,7-12H2,1-2H3. The molecule has 2 aliphatic rings. The second kappa shape index (κ2) is 6.39. The van der Waals surface area contributed by atoms with Crippen molar-refractivity contribution in [2.24, 2.45) is 5.92 Å². The molecule has 0 spiro atoms. The highest BCUT2D eigenvalue weighted by Crippen LogP contribution is 2.28. The molecule has 1 aromatic carbocycles. The van der Waals surface area contributed by atoms with E-state index >= 15 is 0 Å². The van der Waals surface area contributed by atoms with Crippen LogP contribution in [0.4, 0.5) is 0 Å². The predicted molar refractivity (Wildman–Crippen MR) is 86.7 cm³/mol. The van der Waals surface area contributed by atoms with Gasteiger partial charge in [-0.1, -0.05) is 26.0 Å². The van der Waals surface area contributed by atoms with Gasteiger partial charge in [-0.2, -0.15) is 0 Å². The van der Waals surface area contributed by atoms with Crippen molar-refractivity contribution < 1.29 is 9.90 Å². The number of amides is 1. The summed E-state index contributed by atoms with van der Waals surface area (Å²) in [5.74, 6) is 0.290. The minimum absolute atomic E-state index is 0.112. The summed E-state index contributed by atoms with van der Waals surface area (Å²) in [4.78, 5) is 17.0. The Morgan fingerprint density at radius 2 is 1.68 bits per heavy atom. The summed E-state index contributed by atoms with van der Waals surface area (Å²) < 4.78 is 0. The molecule has 4 nitrogen and oxygen atoms in total. The number of aliphatic hydroxyl groups excluding tert-OH is 1. The number of carbonyl (C=O) groups is 1. The second-order valence-electron chi connectivity index (χ2n) is 6.87. The normalized spacial score (nSPS) is 21.2. The van der Waals surface area contributed by atoms with Crippen molar-refractivity contribution in [1.82, 2.24) is 9.80 Å². The molecular weight excluding hydrogens is 276 g/mol. The first-order valence-corrected chi connectivity index (χ1v) is 8.37. The molecule has 1 aromatic rings. The summed E-state index contributed by atoms with van der Waals surface area (Å²) in [5.41, 5.74) is 1.60. The summed E-state index contributed by atoms with van der Waals surface area (Å²) in [6.45, 7) is 7.63. The number of hydrogen-bond donors (Lipinski definition) is 1.